The number of nitrogens with zero attached hydrogens (tertiary/aromatic N) is 1. The highest BCUT2D eigenvalue weighted by atomic mass is 16.6. The maximum absolute atomic E-state index is 11.2. The topological polar surface area (TPSA) is 84.3 Å². The molecular weight excluding hydrogens is 234 g/mol. The number of anilines is 1. The fraction of sp³-hybridized carbons (Fsp3) is 0.417. The lowest BCUT2D eigenvalue weighted by Gasteiger charge is -2.08. The van der Waals surface area contributed by atoms with Gasteiger partial charge in [-0.15, -0.1) is 0 Å². The molecule has 0 aliphatic rings. The number of nitrogens with one attached hydrogen (secondary N) is 2. The number of hydrogen-bond acceptors (Lipinski definition) is 4. The summed E-state index contributed by atoms with van der Waals surface area (Å²) < 4.78 is 0. The third-order valence-electron chi connectivity index (χ3n) is 2.46. The van der Waals surface area contributed by atoms with Crippen LogP contribution >= 0.6 is 0 Å². The molecule has 0 unspecified atom stereocenters. The molecule has 2 N–H and O–H groups in total. The minimum absolute atomic E-state index is 0.0633. The number of nitro groups is 1. The summed E-state index contributed by atoms with van der Waals surface area (Å²) in [6, 6.07) is 5.08. The molecule has 6 nitrogen and oxygen atoms in total. The molecule has 0 saturated carbocycles. The van der Waals surface area contributed by atoms with Crippen molar-refractivity contribution in [2.45, 2.75) is 20.3 Å². The quantitative estimate of drug-likeness (QED) is 0.597. The Hall–Kier alpha value is -2.11. The number of carbonyl (C=O) groups is 1. The number of nitro benzene ring substituents is 1. The van der Waals surface area contributed by atoms with Crippen LogP contribution in [-0.4, -0.2) is 23.9 Å². The van der Waals surface area contributed by atoms with Crippen molar-refractivity contribution < 1.29 is 9.72 Å². The molecule has 0 aromatic heterocycles. The summed E-state index contributed by atoms with van der Waals surface area (Å²) in [6.07, 6.45) is 0.291. The highest BCUT2D eigenvalue weighted by molar-refractivity contribution is 5.76. The van der Waals surface area contributed by atoms with Crippen molar-refractivity contribution in [2.75, 3.05) is 18.4 Å². The molecule has 98 valence electrons. The van der Waals surface area contributed by atoms with Gasteiger partial charge in [-0.25, -0.2) is 0 Å². The number of hydrogen-bond donors (Lipinski definition) is 2. The third kappa shape index (κ3) is 3.73. The summed E-state index contributed by atoms with van der Waals surface area (Å²) in [5, 5.41) is 16.5. The van der Waals surface area contributed by atoms with Gasteiger partial charge in [-0.2, -0.15) is 0 Å². The van der Waals surface area contributed by atoms with Gasteiger partial charge in [0.25, 0.3) is 5.69 Å². The summed E-state index contributed by atoms with van der Waals surface area (Å²) in [5.41, 5.74) is 1.11. The van der Waals surface area contributed by atoms with Crippen LogP contribution in [0.25, 0.3) is 0 Å². The fourth-order valence-electron chi connectivity index (χ4n) is 1.64. The van der Waals surface area contributed by atoms with Crippen molar-refractivity contribution in [3.63, 3.8) is 0 Å². The van der Waals surface area contributed by atoms with Crippen molar-refractivity contribution in [1.29, 1.82) is 0 Å². The third-order valence-corrected chi connectivity index (χ3v) is 2.46. The fourth-order valence-corrected chi connectivity index (χ4v) is 1.64. The minimum atomic E-state index is -0.413. The zero-order valence-corrected chi connectivity index (χ0v) is 10.5. The number of rotatable bonds is 6. The smallest absolute Gasteiger partial charge is 0.295 e. The molecule has 1 amide bonds. The number of benzene rings is 1. The molecule has 1 aromatic carbocycles. The molecule has 18 heavy (non-hydrogen) atoms. The van der Waals surface area contributed by atoms with E-state index in [1.54, 1.807) is 25.1 Å². The molecule has 0 spiro atoms. The van der Waals surface area contributed by atoms with Gasteiger partial charge in [0, 0.05) is 25.1 Å². The average Bonchev–Trinajstić information content (AvgIpc) is 2.28. The molecule has 0 aliphatic carbocycles. The Bertz CT molecular complexity index is 446. The Kier molecular flexibility index (Phi) is 5.10. The summed E-state index contributed by atoms with van der Waals surface area (Å²) in [4.78, 5) is 21.7. The van der Waals surface area contributed by atoms with Crippen molar-refractivity contribution in [3.05, 3.63) is 33.9 Å². The molecule has 0 aliphatic heterocycles. The van der Waals surface area contributed by atoms with E-state index in [9.17, 15) is 14.9 Å². The Morgan fingerprint density at radius 2 is 2.17 bits per heavy atom. The number of amides is 1. The van der Waals surface area contributed by atoms with Crippen LogP contribution < -0.4 is 10.6 Å². The number of carbonyl (C=O) groups excluding carboxylic acids is 1. The lowest BCUT2D eigenvalue weighted by atomic mass is 10.1. The molecular formula is C12H17N3O3. The lowest BCUT2D eigenvalue weighted by Crippen LogP contribution is -2.24. The Morgan fingerprint density at radius 1 is 1.44 bits per heavy atom. The first kappa shape index (κ1) is 14.0. The van der Waals surface area contributed by atoms with E-state index in [1.807, 2.05) is 6.92 Å². The second-order valence-electron chi connectivity index (χ2n) is 3.86. The molecule has 0 fully saturated rings. The first-order valence-corrected chi connectivity index (χ1v) is 5.80. The predicted octanol–water partition coefficient (Wildman–Crippen LogP) is 1.84. The summed E-state index contributed by atoms with van der Waals surface area (Å²) in [5.74, 6) is -0.0692. The van der Waals surface area contributed by atoms with Crippen LogP contribution in [0.4, 0.5) is 11.4 Å². The van der Waals surface area contributed by atoms with E-state index in [1.165, 1.54) is 0 Å². The predicted molar refractivity (Wildman–Crippen MR) is 69.6 cm³/mol. The maximum Gasteiger partial charge on any atom is 0.295 e. The summed E-state index contributed by atoms with van der Waals surface area (Å²) in [6.45, 7) is 4.49. The van der Waals surface area contributed by atoms with Gasteiger partial charge >= 0.3 is 0 Å². The molecule has 0 radical (unpaired) electrons. The van der Waals surface area contributed by atoms with E-state index in [4.69, 9.17) is 0 Å². The van der Waals surface area contributed by atoms with E-state index in [0.717, 1.165) is 0 Å². The van der Waals surface area contributed by atoms with E-state index in [0.29, 0.717) is 30.8 Å². The molecule has 0 heterocycles. The molecule has 6 heteroatoms. The summed E-state index contributed by atoms with van der Waals surface area (Å²) >= 11 is 0. The second-order valence-corrected chi connectivity index (χ2v) is 3.86. The van der Waals surface area contributed by atoms with Gasteiger partial charge in [-0.1, -0.05) is 12.1 Å². The van der Waals surface area contributed by atoms with Crippen molar-refractivity contribution >= 4 is 17.3 Å². The number of aryl methyl sites for hydroxylation is 1. The first-order valence-electron chi connectivity index (χ1n) is 5.80. The van der Waals surface area contributed by atoms with Crippen LogP contribution in [0.2, 0.25) is 0 Å². The van der Waals surface area contributed by atoms with Crippen LogP contribution in [0.1, 0.15) is 18.9 Å². The monoisotopic (exact) mass is 251 g/mol. The zero-order valence-electron chi connectivity index (χ0n) is 10.5. The zero-order chi connectivity index (χ0) is 13.5. The highest BCUT2D eigenvalue weighted by Gasteiger charge is 2.16. The Labute approximate surface area is 106 Å². The second kappa shape index (κ2) is 6.58. The van der Waals surface area contributed by atoms with Crippen LogP contribution in [0.3, 0.4) is 0 Å². The average molecular weight is 251 g/mol. The van der Waals surface area contributed by atoms with Gasteiger partial charge in [0.2, 0.25) is 5.91 Å². The molecule has 1 rings (SSSR count). The van der Waals surface area contributed by atoms with Crippen LogP contribution in [0.15, 0.2) is 18.2 Å². The van der Waals surface area contributed by atoms with E-state index in [-0.39, 0.29) is 11.6 Å². The van der Waals surface area contributed by atoms with Crippen LogP contribution in [0, 0.1) is 17.0 Å². The first-order chi connectivity index (χ1) is 8.56. The molecule has 1 aromatic rings. The van der Waals surface area contributed by atoms with Crippen molar-refractivity contribution in [1.82, 2.24) is 5.32 Å². The molecule has 0 saturated heterocycles. The van der Waals surface area contributed by atoms with Gasteiger partial charge in [0.05, 0.1) is 4.92 Å². The van der Waals surface area contributed by atoms with Gasteiger partial charge in [-0.05, 0) is 19.9 Å². The van der Waals surface area contributed by atoms with E-state index >= 15 is 0 Å². The molecule has 0 bridgehead atoms. The van der Waals surface area contributed by atoms with Crippen molar-refractivity contribution in [2.24, 2.45) is 0 Å². The van der Waals surface area contributed by atoms with E-state index < -0.39 is 4.92 Å². The summed E-state index contributed by atoms with van der Waals surface area (Å²) in [7, 11) is 0. The molecule has 0 atom stereocenters. The van der Waals surface area contributed by atoms with Gasteiger partial charge in [-0.3, -0.25) is 14.9 Å². The highest BCUT2D eigenvalue weighted by Crippen LogP contribution is 2.27. The largest absolute Gasteiger partial charge is 0.379 e. The van der Waals surface area contributed by atoms with Gasteiger partial charge in [0.15, 0.2) is 0 Å². The normalized spacial score (nSPS) is 9.89. The minimum Gasteiger partial charge on any atom is -0.379 e. The van der Waals surface area contributed by atoms with Crippen LogP contribution in [-0.2, 0) is 4.79 Å². The van der Waals surface area contributed by atoms with Crippen molar-refractivity contribution in [3.8, 4) is 0 Å². The van der Waals surface area contributed by atoms with Gasteiger partial charge in [0.1, 0.15) is 5.69 Å². The standard InChI is InChI=1S/C12H17N3O3/c1-3-13-11(16)7-8-14-10-6-4-5-9(2)12(10)15(17)18/h4-6,14H,3,7-8H2,1-2H3,(H,13,16). The van der Waals surface area contributed by atoms with Gasteiger partial charge < -0.3 is 10.6 Å². The Balaban J connectivity index is 2.65. The van der Waals surface area contributed by atoms with Crippen LogP contribution in [0.5, 0.6) is 0 Å². The lowest BCUT2D eigenvalue weighted by molar-refractivity contribution is -0.384. The number of para-hydroxylation sites is 1. The SMILES string of the molecule is CCNC(=O)CCNc1cccc(C)c1[N+](=O)[O-]. The van der Waals surface area contributed by atoms with E-state index in [2.05, 4.69) is 10.6 Å². The Morgan fingerprint density at radius 3 is 2.78 bits per heavy atom. The maximum atomic E-state index is 11.2.